The van der Waals surface area contributed by atoms with Crippen LogP contribution in [-0.4, -0.2) is 37.7 Å². The molecule has 0 atom stereocenters. The van der Waals surface area contributed by atoms with E-state index in [-0.39, 0.29) is 6.03 Å². The molecule has 0 bridgehead atoms. The fraction of sp³-hybridized carbons (Fsp3) is 0.120. The van der Waals surface area contributed by atoms with Crippen LogP contribution in [0.5, 0.6) is 0 Å². The van der Waals surface area contributed by atoms with Crippen LogP contribution in [0.1, 0.15) is 12.8 Å². The summed E-state index contributed by atoms with van der Waals surface area (Å²) in [7, 11) is 0. The van der Waals surface area contributed by atoms with Gasteiger partial charge in [0.25, 0.3) is 5.89 Å². The number of carbonyl (C=O) groups is 1. The molecule has 0 saturated carbocycles. The maximum Gasteiger partial charge on any atom is 0.320 e. The lowest BCUT2D eigenvalue weighted by Gasteiger charge is -2.11. The average Bonchev–Trinajstić information content (AvgIpc) is 3.54. The van der Waals surface area contributed by atoms with Crippen LogP contribution in [0.15, 0.2) is 70.7 Å². The van der Waals surface area contributed by atoms with Crippen molar-refractivity contribution in [2.24, 2.45) is 0 Å². The molecule has 0 fully saturated rings. The second kappa shape index (κ2) is 9.82. The Bertz CT molecular complexity index is 1480. The number of pyridine rings is 2. The number of nitrogens with zero attached hydrogens (tertiary/aromatic N) is 5. The van der Waals surface area contributed by atoms with Gasteiger partial charge in [-0.2, -0.15) is 0 Å². The van der Waals surface area contributed by atoms with E-state index in [1.54, 1.807) is 19.3 Å². The summed E-state index contributed by atoms with van der Waals surface area (Å²) in [4.78, 5) is 25.8. The van der Waals surface area contributed by atoms with Crippen LogP contribution >= 0.6 is 11.3 Å². The van der Waals surface area contributed by atoms with Gasteiger partial charge in [-0.15, -0.1) is 21.5 Å². The van der Waals surface area contributed by atoms with Gasteiger partial charge >= 0.3 is 6.03 Å². The summed E-state index contributed by atoms with van der Waals surface area (Å²) in [5.74, 6) is 1.23. The molecule has 10 heteroatoms. The highest BCUT2D eigenvalue weighted by molar-refractivity contribution is 7.13. The fourth-order valence-electron chi connectivity index (χ4n) is 3.51. The summed E-state index contributed by atoms with van der Waals surface area (Å²) in [5.41, 5.74) is 4.99. The first-order valence-electron chi connectivity index (χ1n) is 10.9. The SMILES string of the molecule is CCNC(=O)Nc1cc(-c2nc(-c3ccccc3)cs2)c(-c2ccnc(-c3nnc(C)o3)c2)cn1. The van der Waals surface area contributed by atoms with Crippen molar-refractivity contribution in [3.63, 3.8) is 0 Å². The minimum absolute atomic E-state index is 0.319. The zero-order chi connectivity index (χ0) is 24.2. The lowest BCUT2D eigenvalue weighted by molar-refractivity contribution is 0.252. The quantitative estimate of drug-likeness (QED) is 0.330. The fourth-order valence-corrected chi connectivity index (χ4v) is 4.36. The first-order valence-corrected chi connectivity index (χ1v) is 11.8. The number of nitrogens with one attached hydrogen (secondary N) is 2. The lowest BCUT2D eigenvalue weighted by atomic mass is 10.0. The predicted octanol–water partition coefficient (Wildman–Crippen LogP) is 5.43. The molecule has 0 spiro atoms. The number of thiazole rings is 1. The molecule has 5 aromatic rings. The minimum atomic E-state index is -0.319. The standard InChI is InChI=1S/C25H21N7O2S/c1-3-26-25(33)30-22-12-18(24-29-21(14-35-24)16-7-5-4-6-8-16)19(13-28-22)17-9-10-27-20(11-17)23-32-31-15(2)34-23/h4-14H,3H2,1-2H3,(H2,26,28,30,33). The van der Waals surface area contributed by atoms with Gasteiger partial charge in [-0.25, -0.2) is 14.8 Å². The molecule has 0 saturated heterocycles. The Morgan fingerprint density at radius 3 is 2.63 bits per heavy atom. The predicted molar refractivity (Wildman–Crippen MR) is 135 cm³/mol. The monoisotopic (exact) mass is 483 g/mol. The molecule has 4 aromatic heterocycles. The molecule has 1 aromatic carbocycles. The summed E-state index contributed by atoms with van der Waals surface area (Å²) in [5, 5.41) is 16.3. The largest absolute Gasteiger partial charge is 0.420 e. The van der Waals surface area contributed by atoms with Gasteiger partial charge in [-0.05, 0) is 30.7 Å². The second-order valence-electron chi connectivity index (χ2n) is 7.56. The van der Waals surface area contributed by atoms with E-state index in [9.17, 15) is 4.79 Å². The molecule has 0 radical (unpaired) electrons. The molecular formula is C25H21N7O2S. The second-order valence-corrected chi connectivity index (χ2v) is 8.42. The van der Waals surface area contributed by atoms with Crippen LogP contribution in [0.2, 0.25) is 0 Å². The lowest BCUT2D eigenvalue weighted by Crippen LogP contribution is -2.28. The number of anilines is 1. The normalized spacial score (nSPS) is 10.8. The number of aromatic nitrogens is 5. The van der Waals surface area contributed by atoms with Crippen LogP contribution in [0.4, 0.5) is 10.6 Å². The number of amides is 2. The Kier molecular flexibility index (Phi) is 6.27. The van der Waals surface area contributed by atoms with Gasteiger partial charge in [0.15, 0.2) is 0 Å². The molecule has 0 aliphatic heterocycles. The van der Waals surface area contributed by atoms with Crippen LogP contribution in [0, 0.1) is 6.92 Å². The molecule has 35 heavy (non-hydrogen) atoms. The highest BCUT2D eigenvalue weighted by Crippen LogP contribution is 2.37. The van der Waals surface area contributed by atoms with Gasteiger partial charge in [0.1, 0.15) is 16.5 Å². The number of benzene rings is 1. The first-order chi connectivity index (χ1) is 17.1. The number of rotatable bonds is 6. The van der Waals surface area contributed by atoms with Crippen molar-refractivity contribution in [2.45, 2.75) is 13.8 Å². The maximum absolute atomic E-state index is 12.1. The van der Waals surface area contributed by atoms with Crippen molar-refractivity contribution in [1.29, 1.82) is 0 Å². The van der Waals surface area contributed by atoms with Crippen LogP contribution in [-0.2, 0) is 0 Å². The van der Waals surface area contributed by atoms with Crippen molar-refractivity contribution >= 4 is 23.2 Å². The summed E-state index contributed by atoms with van der Waals surface area (Å²) in [6, 6.07) is 15.3. The van der Waals surface area contributed by atoms with Crippen molar-refractivity contribution in [3.8, 4) is 44.5 Å². The van der Waals surface area contributed by atoms with Crippen molar-refractivity contribution in [3.05, 3.63) is 72.2 Å². The Hall–Kier alpha value is -4.44. The van der Waals surface area contributed by atoms with Crippen LogP contribution in [0.25, 0.3) is 44.5 Å². The van der Waals surface area contributed by atoms with Gasteiger partial charge in [0, 0.05) is 47.9 Å². The van der Waals surface area contributed by atoms with E-state index in [0.717, 1.165) is 33.0 Å². The Labute approximate surface area is 205 Å². The van der Waals surface area contributed by atoms with Gasteiger partial charge in [0.2, 0.25) is 5.89 Å². The molecule has 0 unspecified atom stereocenters. The number of carbonyl (C=O) groups excluding carboxylic acids is 1. The topological polar surface area (TPSA) is 119 Å². The molecule has 0 aliphatic carbocycles. The van der Waals surface area contributed by atoms with E-state index in [1.165, 1.54) is 11.3 Å². The number of urea groups is 1. The van der Waals surface area contributed by atoms with E-state index >= 15 is 0 Å². The van der Waals surface area contributed by atoms with E-state index in [2.05, 4.69) is 30.8 Å². The minimum Gasteiger partial charge on any atom is -0.420 e. The zero-order valence-electron chi connectivity index (χ0n) is 19.0. The molecule has 174 valence electrons. The third-order valence-electron chi connectivity index (χ3n) is 5.10. The smallest absolute Gasteiger partial charge is 0.320 e. The molecular weight excluding hydrogens is 462 g/mol. The van der Waals surface area contributed by atoms with Crippen molar-refractivity contribution in [1.82, 2.24) is 30.5 Å². The molecule has 5 rings (SSSR count). The summed E-state index contributed by atoms with van der Waals surface area (Å²) < 4.78 is 5.55. The van der Waals surface area contributed by atoms with Crippen LogP contribution < -0.4 is 10.6 Å². The third-order valence-corrected chi connectivity index (χ3v) is 5.98. The van der Waals surface area contributed by atoms with Crippen molar-refractivity contribution in [2.75, 3.05) is 11.9 Å². The van der Waals surface area contributed by atoms with E-state index in [0.29, 0.717) is 29.8 Å². The molecule has 2 amide bonds. The molecule has 0 aliphatic rings. The number of hydrogen-bond acceptors (Lipinski definition) is 8. The van der Waals surface area contributed by atoms with Gasteiger partial charge in [-0.3, -0.25) is 10.3 Å². The number of hydrogen-bond donors (Lipinski definition) is 2. The Morgan fingerprint density at radius 2 is 1.86 bits per heavy atom. The van der Waals surface area contributed by atoms with E-state index in [4.69, 9.17) is 9.40 Å². The Morgan fingerprint density at radius 1 is 1.00 bits per heavy atom. The van der Waals surface area contributed by atoms with Gasteiger partial charge in [-0.1, -0.05) is 30.3 Å². The summed E-state index contributed by atoms with van der Waals surface area (Å²) >= 11 is 1.52. The average molecular weight is 484 g/mol. The first kappa shape index (κ1) is 22.4. The van der Waals surface area contributed by atoms with E-state index < -0.39 is 0 Å². The van der Waals surface area contributed by atoms with E-state index in [1.807, 2.05) is 60.8 Å². The molecule has 4 heterocycles. The molecule has 2 N–H and O–H groups in total. The summed E-state index contributed by atoms with van der Waals surface area (Å²) in [6.45, 7) is 4.10. The number of aryl methyl sites for hydroxylation is 1. The van der Waals surface area contributed by atoms with Crippen LogP contribution in [0.3, 0.4) is 0 Å². The zero-order valence-corrected chi connectivity index (χ0v) is 19.8. The Balaban J connectivity index is 1.59. The third kappa shape index (κ3) is 4.92. The highest BCUT2D eigenvalue weighted by atomic mass is 32.1. The maximum atomic E-state index is 12.1. The van der Waals surface area contributed by atoms with Gasteiger partial charge < -0.3 is 9.73 Å². The van der Waals surface area contributed by atoms with Gasteiger partial charge in [0.05, 0.1) is 5.69 Å². The van der Waals surface area contributed by atoms with Crippen molar-refractivity contribution < 1.29 is 9.21 Å². The highest BCUT2D eigenvalue weighted by Gasteiger charge is 2.17. The summed E-state index contributed by atoms with van der Waals surface area (Å²) in [6.07, 6.45) is 3.41. The molecule has 9 nitrogen and oxygen atoms in total.